The largest absolute Gasteiger partial charge is 0.381 e. The van der Waals surface area contributed by atoms with E-state index >= 15 is 0 Å². The molecule has 0 aliphatic rings. The molecular weight excluding hydrogens is 247 g/mol. The molecule has 0 bridgehead atoms. The number of nitrogens with one attached hydrogen (secondary N) is 1. The molecule has 1 amide bonds. The minimum atomic E-state index is -0.778. The first-order valence-electron chi connectivity index (χ1n) is 5.94. The number of aryl methyl sites for hydroxylation is 1. The molecule has 0 aliphatic carbocycles. The highest BCUT2D eigenvalue weighted by Gasteiger charge is 2.08. The summed E-state index contributed by atoms with van der Waals surface area (Å²) < 4.78 is 15.1. The summed E-state index contributed by atoms with van der Waals surface area (Å²) in [5.74, 6) is -1.39. The van der Waals surface area contributed by atoms with Gasteiger partial charge >= 0.3 is 0 Å². The van der Waals surface area contributed by atoms with E-state index in [0.717, 1.165) is 12.1 Å². The van der Waals surface area contributed by atoms with Gasteiger partial charge in [0.15, 0.2) is 0 Å². The summed E-state index contributed by atoms with van der Waals surface area (Å²) >= 11 is 0. The van der Waals surface area contributed by atoms with E-state index in [-0.39, 0.29) is 5.56 Å². The van der Waals surface area contributed by atoms with Crippen LogP contribution in [0.4, 0.5) is 10.1 Å². The summed E-state index contributed by atoms with van der Waals surface area (Å²) in [4.78, 5) is 11.0. The summed E-state index contributed by atoms with van der Waals surface area (Å²) in [6.07, 6.45) is 3.68. The Kier molecular flexibility index (Phi) is 3.79. The molecule has 1 heterocycles. The van der Waals surface area contributed by atoms with Gasteiger partial charge in [-0.2, -0.15) is 5.10 Å². The predicted molar refractivity (Wildman–Crippen MR) is 70.1 cm³/mol. The lowest BCUT2D eigenvalue weighted by atomic mass is 10.1. The summed E-state index contributed by atoms with van der Waals surface area (Å²) in [6.45, 7) is 3.36. The zero-order valence-corrected chi connectivity index (χ0v) is 10.6. The molecule has 0 unspecified atom stereocenters. The Bertz CT molecular complexity index is 594. The van der Waals surface area contributed by atoms with Gasteiger partial charge in [-0.05, 0) is 25.1 Å². The monoisotopic (exact) mass is 262 g/mol. The number of nitrogens with two attached hydrogens (primary N) is 1. The van der Waals surface area contributed by atoms with E-state index in [9.17, 15) is 9.18 Å². The average molecular weight is 262 g/mol. The molecule has 6 heteroatoms. The molecule has 0 saturated heterocycles. The number of halogens is 1. The molecule has 0 saturated carbocycles. The van der Waals surface area contributed by atoms with Crippen molar-refractivity contribution < 1.29 is 9.18 Å². The fourth-order valence-corrected chi connectivity index (χ4v) is 1.70. The van der Waals surface area contributed by atoms with Gasteiger partial charge < -0.3 is 11.1 Å². The standard InChI is InChI=1S/C13H15FN4O/c1-2-18-8-9(7-17-18)6-16-10-3-4-12(14)11(5-10)13(15)19/h3-5,7-8,16H,2,6H2,1H3,(H2,15,19). The second kappa shape index (κ2) is 5.51. The van der Waals surface area contributed by atoms with Gasteiger partial charge in [0.2, 0.25) is 0 Å². The van der Waals surface area contributed by atoms with E-state index in [4.69, 9.17) is 5.73 Å². The van der Waals surface area contributed by atoms with Crippen molar-refractivity contribution in [1.82, 2.24) is 9.78 Å². The second-order valence-electron chi connectivity index (χ2n) is 4.12. The van der Waals surface area contributed by atoms with Crippen LogP contribution in [0, 0.1) is 5.82 Å². The number of rotatable bonds is 5. The second-order valence-corrected chi connectivity index (χ2v) is 4.12. The maximum atomic E-state index is 13.3. The van der Waals surface area contributed by atoms with E-state index in [1.807, 2.05) is 17.8 Å². The van der Waals surface area contributed by atoms with Crippen molar-refractivity contribution in [3.05, 3.63) is 47.5 Å². The molecule has 19 heavy (non-hydrogen) atoms. The zero-order valence-electron chi connectivity index (χ0n) is 10.6. The third kappa shape index (κ3) is 3.09. The van der Waals surface area contributed by atoms with Crippen LogP contribution in [-0.4, -0.2) is 15.7 Å². The van der Waals surface area contributed by atoms with Crippen molar-refractivity contribution in [2.75, 3.05) is 5.32 Å². The van der Waals surface area contributed by atoms with Crippen LogP contribution in [0.1, 0.15) is 22.8 Å². The zero-order chi connectivity index (χ0) is 13.8. The average Bonchev–Trinajstić information content (AvgIpc) is 2.85. The van der Waals surface area contributed by atoms with Crippen LogP contribution in [-0.2, 0) is 13.1 Å². The Morgan fingerprint density at radius 3 is 2.95 bits per heavy atom. The van der Waals surface area contributed by atoms with Crippen molar-refractivity contribution in [2.24, 2.45) is 5.73 Å². The first-order valence-corrected chi connectivity index (χ1v) is 5.94. The highest BCUT2D eigenvalue weighted by molar-refractivity contribution is 5.94. The normalized spacial score (nSPS) is 10.4. The predicted octanol–water partition coefficient (Wildman–Crippen LogP) is 1.75. The Morgan fingerprint density at radius 2 is 2.32 bits per heavy atom. The van der Waals surface area contributed by atoms with Crippen LogP contribution in [0.5, 0.6) is 0 Å². The molecule has 0 spiro atoms. The Hall–Kier alpha value is -2.37. The summed E-state index contributed by atoms with van der Waals surface area (Å²) in [7, 11) is 0. The molecule has 0 aliphatic heterocycles. The minimum absolute atomic E-state index is 0.116. The van der Waals surface area contributed by atoms with Gasteiger partial charge in [0.25, 0.3) is 5.91 Å². The van der Waals surface area contributed by atoms with Crippen molar-refractivity contribution >= 4 is 11.6 Å². The van der Waals surface area contributed by atoms with Gasteiger partial charge in [-0.1, -0.05) is 0 Å². The third-order valence-corrected chi connectivity index (χ3v) is 2.74. The summed E-state index contributed by atoms with van der Waals surface area (Å²) in [5.41, 5.74) is 6.62. The van der Waals surface area contributed by atoms with E-state index in [0.29, 0.717) is 12.2 Å². The van der Waals surface area contributed by atoms with E-state index < -0.39 is 11.7 Å². The molecule has 5 nitrogen and oxygen atoms in total. The van der Waals surface area contributed by atoms with Crippen LogP contribution < -0.4 is 11.1 Å². The SMILES string of the molecule is CCn1cc(CNc2ccc(F)c(C(N)=O)c2)cn1. The van der Waals surface area contributed by atoms with E-state index in [2.05, 4.69) is 10.4 Å². The Labute approximate surface area is 110 Å². The van der Waals surface area contributed by atoms with E-state index in [1.165, 1.54) is 12.1 Å². The number of hydrogen-bond acceptors (Lipinski definition) is 3. The number of hydrogen-bond donors (Lipinski definition) is 2. The van der Waals surface area contributed by atoms with Crippen LogP contribution in [0.15, 0.2) is 30.6 Å². The Balaban J connectivity index is 2.07. The highest BCUT2D eigenvalue weighted by atomic mass is 19.1. The lowest BCUT2D eigenvalue weighted by Gasteiger charge is -2.06. The molecule has 100 valence electrons. The molecule has 1 aromatic carbocycles. The van der Waals surface area contributed by atoms with Crippen molar-refractivity contribution in [3.8, 4) is 0 Å². The lowest BCUT2D eigenvalue weighted by molar-refractivity contribution is 0.0996. The Morgan fingerprint density at radius 1 is 1.53 bits per heavy atom. The molecule has 0 atom stereocenters. The molecule has 3 N–H and O–H groups in total. The smallest absolute Gasteiger partial charge is 0.251 e. The number of amides is 1. The molecule has 0 fully saturated rings. The van der Waals surface area contributed by atoms with Gasteiger partial charge in [-0.15, -0.1) is 0 Å². The maximum Gasteiger partial charge on any atom is 0.251 e. The molecule has 2 aromatic rings. The number of anilines is 1. The van der Waals surface area contributed by atoms with E-state index in [1.54, 1.807) is 12.3 Å². The van der Waals surface area contributed by atoms with Crippen molar-refractivity contribution in [1.29, 1.82) is 0 Å². The third-order valence-electron chi connectivity index (χ3n) is 2.74. The number of nitrogens with zero attached hydrogens (tertiary/aromatic N) is 2. The van der Waals surface area contributed by atoms with Gasteiger partial charge in [-0.25, -0.2) is 4.39 Å². The highest BCUT2D eigenvalue weighted by Crippen LogP contribution is 2.15. The first-order chi connectivity index (χ1) is 9.10. The van der Waals surface area contributed by atoms with Gasteiger partial charge in [0.1, 0.15) is 5.82 Å². The topological polar surface area (TPSA) is 72.9 Å². The first kappa shape index (κ1) is 13.1. The number of primary amides is 1. The number of carbonyl (C=O) groups is 1. The van der Waals surface area contributed by atoms with Gasteiger partial charge in [0.05, 0.1) is 11.8 Å². The maximum absolute atomic E-state index is 13.3. The fraction of sp³-hybridized carbons (Fsp3) is 0.231. The molecular formula is C13H15FN4O. The number of carbonyl (C=O) groups excluding carboxylic acids is 1. The van der Waals surface area contributed by atoms with Crippen LogP contribution in [0.2, 0.25) is 0 Å². The van der Waals surface area contributed by atoms with Crippen LogP contribution in [0.3, 0.4) is 0 Å². The lowest BCUT2D eigenvalue weighted by Crippen LogP contribution is -2.13. The number of aromatic nitrogens is 2. The molecule has 2 rings (SSSR count). The number of benzene rings is 1. The fourth-order valence-electron chi connectivity index (χ4n) is 1.70. The quantitative estimate of drug-likeness (QED) is 0.862. The van der Waals surface area contributed by atoms with Crippen molar-refractivity contribution in [3.63, 3.8) is 0 Å². The molecule has 1 aromatic heterocycles. The summed E-state index contributed by atoms with van der Waals surface area (Å²) in [5, 5.41) is 7.24. The minimum Gasteiger partial charge on any atom is -0.381 e. The molecule has 0 radical (unpaired) electrons. The van der Waals surface area contributed by atoms with Crippen molar-refractivity contribution in [2.45, 2.75) is 20.0 Å². The van der Waals surface area contributed by atoms with Crippen LogP contribution in [0.25, 0.3) is 0 Å². The van der Waals surface area contributed by atoms with Gasteiger partial charge in [-0.3, -0.25) is 9.48 Å². The van der Waals surface area contributed by atoms with Crippen LogP contribution >= 0.6 is 0 Å². The summed E-state index contributed by atoms with van der Waals surface area (Å²) in [6, 6.07) is 4.19. The van der Waals surface area contributed by atoms with Gasteiger partial charge in [0, 0.05) is 30.5 Å².